The first-order valence-corrected chi connectivity index (χ1v) is 10.6. The second-order valence-corrected chi connectivity index (χ2v) is 8.70. The molecule has 2 aliphatic heterocycles. The third-order valence-electron chi connectivity index (χ3n) is 7.48. The monoisotopic (exact) mass is 441 g/mol. The van der Waals surface area contributed by atoms with E-state index in [0.717, 1.165) is 35.1 Å². The Morgan fingerprint density at radius 2 is 1.25 bits per heavy atom. The molecule has 0 saturated carbocycles. The van der Waals surface area contributed by atoms with E-state index in [1.807, 2.05) is 12.1 Å². The van der Waals surface area contributed by atoms with E-state index in [2.05, 4.69) is 62.4 Å². The summed E-state index contributed by atoms with van der Waals surface area (Å²) < 4.78 is 1.00. The zero-order chi connectivity index (χ0) is 18.9. The molecule has 2 aliphatic rings. The van der Waals surface area contributed by atoms with Crippen LogP contribution in [0.3, 0.4) is 0 Å². The van der Waals surface area contributed by atoms with Crippen LogP contribution in [0.5, 0.6) is 0 Å². The Bertz CT molecular complexity index is 741. The van der Waals surface area contributed by atoms with Crippen LogP contribution in [0.1, 0.15) is 57.1 Å². The van der Waals surface area contributed by atoms with Crippen molar-refractivity contribution in [2.24, 2.45) is 0 Å². The normalized spacial score (nSPS) is 26.3. The van der Waals surface area contributed by atoms with Crippen LogP contribution in [0.4, 0.5) is 0 Å². The van der Waals surface area contributed by atoms with Crippen LogP contribution in [0, 0.1) is 0 Å². The first-order chi connectivity index (χ1) is 13.1. The number of carbonyl (C=O) groups excluding carboxylic acids is 1. The second kappa shape index (κ2) is 8.51. The fourth-order valence-electron chi connectivity index (χ4n) is 5.94. The molecule has 1 spiro atoms. The molecule has 2 saturated heterocycles. The Labute approximate surface area is 180 Å². The van der Waals surface area contributed by atoms with Crippen LogP contribution in [0.25, 0.3) is 0 Å². The summed E-state index contributed by atoms with van der Waals surface area (Å²) >= 11 is 0. The lowest BCUT2D eigenvalue weighted by atomic mass is 9.62. The largest absolute Gasteiger partial charge is 1.00 e. The fourth-order valence-corrected chi connectivity index (χ4v) is 5.94. The molecule has 2 aromatic carbocycles. The minimum absolute atomic E-state index is 0. The minimum atomic E-state index is -0.517. The highest BCUT2D eigenvalue weighted by Gasteiger charge is 2.58. The molecular formula is C25H32BrNO. The van der Waals surface area contributed by atoms with Gasteiger partial charge in [0.25, 0.3) is 0 Å². The minimum Gasteiger partial charge on any atom is -1.00 e. The molecule has 2 atom stereocenters. The lowest BCUT2D eigenvalue weighted by Gasteiger charge is -2.55. The van der Waals surface area contributed by atoms with Crippen molar-refractivity contribution in [3.63, 3.8) is 0 Å². The average molecular weight is 442 g/mol. The van der Waals surface area contributed by atoms with E-state index >= 15 is 0 Å². The number of benzene rings is 2. The molecule has 0 bridgehead atoms. The number of carbonyl (C=O) groups is 1. The van der Waals surface area contributed by atoms with Crippen molar-refractivity contribution in [2.45, 2.75) is 63.5 Å². The third kappa shape index (κ3) is 3.27. The zero-order valence-corrected chi connectivity index (χ0v) is 18.7. The lowest BCUT2D eigenvalue weighted by Crippen LogP contribution is -3.00. The van der Waals surface area contributed by atoms with Gasteiger partial charge in [-0.25, -0.2) is 0 Å². The van der Waals surface area contributed by atoms with Gasteiger partial charge < -0.3 is 21.5 Å². The summed E-state index contributed by atoms with van der Waals surface area (Å²) in [6, 6.07) is 21.6. The predicted molar refractivity (Wildman–Crippen MR) is 111 cm³/mol. The molecule has 3 heteroatoms. The van der Waals surface area contributed by atoms with E-state index < -0.39 is 5.41 Å². The number of Topliss-reactive ketones (excluding diaryl/α,β-unsaturated/α-hetero) is 1. The van der Waals surface area contributed by atoms with Crippen molar-refractivity contribution in [3.8, 4) is 0 Å². The molecule has 2 aromatic rings. The van der Waals surface area contributed by atoms with Crippen molar-refractivity contribution in [1.82, 2.24) is 0 Å². The first-order valence-electron chi connectivity index (χ1n) is 10.6. The van der Waals surface area contributed by atoms with Gasteiger partial charge in [-0.1, -0.05) is 60.7 Å². The summed E-state index contributed by atoms with van der Waals surface area (Å²) in [5.74, 6) is 0.417. The lowest BCUT2D eigenvalue weighted by molar-refractivity contribution is -0.964. The molecule has 0 amide bonds. The molecule has 2 nitrogen and oxygen atoms in total. The van der Waals surface area contributed by atoms with Crippen LogP contribution in [0.2, 0.25) is 0 Å². The van der Waals surface area contributed by atoms with Crippen LogP contribution in [-0.2, 0) is 10.2 Å². The molecule has 2 heterocycles. The van der Waals surface area contributed by atoms with Crippen LogP contribution in [0.15, 0.2) is 60.7 Å². The molecule has 150 valence electrons. The number of ketones is 1. The van der Waals surface area contributed by atoms with E-state index in [1.165, 1.54) is 25.7 Å². The van der Waals surface area contributed by atoms with Crippen molar-refractivity contribution in [3.05, 3.63) is 71.8 Å². The highest BCUT2D eigenvalue weighted by Crippen LogP contribution is 2.47. The van der Waals surface area contributed by atoms with Gasteiger partial charge in [0.1, 0.15) is 6.04 Å². The highest BCUT2D eigenvalue weighted by molar-refractivity contribution is 5.97. The maximum Gasteiger partial charge on any atom is 0.204 e. The zero-order valence-electron chi connectivity index (χ0n) is 17.1. The van der Waals surface area contributed by atoms with Gasteiger partial charge in [-0.05, 0) is 50.7 Å². The van der Waals surface area contributed by atoms with Gasteiger partial charge in [0, 0.05) is 6.42 Å². The SMILES string of the molecule is CC1CC(c2ccccc2)(c2ccccc2)C(=O)C(C)[N+]12CCCCCC2.[Br-]. The van der Waals surface area contributed by atoms with Crippen LogP contribution >= 0.6 is 0 Å². The second-order valence-electron chi connectivity index (χ2n) is 8.70. The summed E-state index contributed by atoms with van der Waals surface area (Å²) in [6.45, 7) is 6.93. The van der Waals surface area contributed by atoms with Crippen molar-refractivity contribution in [2.75, 3.05) is 13.1 Å². The average Bonchev–Trinajstić information content (AvgIpc) is 2.98. The molecule has 28 heavy (non-hydrogen) atoms. The topological polar surface area (TPSA) is 17.1 Å². The number of piperidine rings is 1. The molecule has 0 aromatic heterocycles. The van der Waals surface area contributed by atoms with Gasteiger partial charge in [0.15, 0.2) is 0 Å². The van der Waals surface area contributed by atoms with Crippen molar-refractivity contribution in [1.29, 1.82) is 0 Å². The van der Waals surface area contributed by atoms with Crippen molar-refractivity contribution < 1.29 is 26.3 Å². The van der Waals surface area contributed by atoms with Gasteiger partial charge in [-0.15, -0.1) is 0 Å². The number of nitrogens with zero attached hydrogens (tertiary/aromatic N) is 1. The summed E-state index contributed by atoms with van der Waals surface area (Å²) in [7, 11) is 0. The molecule has 2 fully saturated rings. The number of hydrogen-bond acceptors (Lipinski definition) is 1. The first kappa shape index (κ1) is 21.3. The highest BCUT2D eigenvalue weighted by atomic mass is 79.9. The number of rotatable bonds is 2. The van der Waals surface area contributed by atoms with Crippen LogP contribution < -0.4 is 17.0 Å². The van der Waals surface area contributed by atoms with E-state index in [0.29, 0.717) is 11.8 Å². The molecule has 0 aliphatic carbocycles. The Morgan fingerprint density at radius 1 is 0.786 bits per heavy atom. The Hall–Kier alpha value is -1.45. The molecule has 0 radical (unpaired) electrons. The number of halogens is 1. The summed E-state index contributed by atoms with van der Waals surface area (Å²) in [5.41, 5.74) is 1.80. The molecule has 4 rings (SSSR count). The van der Waals surface area contributed by atoms with Gasteiger partial charge >= 0.3 is 0 Å². The number of quaternary nitrogens is 1. The summed E-state index contributed by atoms with van der Waals surface area (Å²) in [5, 5.41) is 0. The fraction of sp³-hybridized carbons (Fsp3) is 0.480. The van der Waals surface area contributed by atoms with Crippen LogP contribution in [-0.4, -0.2) is 35.4 Å². The Morgan fingerprint density at radius 3 is 1.71 bits per heavy atom. The van der Waals surface area contributed by atoms with E-state index in [1.54, 1.807) is 0 Å². The molecular weight excluding hydrogens is 410 g/mol. The van der Waals surface area contributed by atoms with E-state index in [4.69, 9.17) is 0 Å². The maximum atomic E-state index is 14.2. The summed E-state index contributed by atoms with van der Waals surface area (Å²) in [4.78, 5) is 14.2. The quantitative estimate of drug-likeness (QED) is 0.652. The Balaban J connectivity index is 0.00000225. The number of hydrogen-bond donors (Lipinski definition) is 0. The van der Waals surface area contributed by atoms with Gasteiger partial charge in [0.05, 0.1) is 24.5 Å². The van der Waals surface area contributed by atoms with Crippen molar-refractivity contribution >= 4 is 5.78 Å². The maximum absolute atomic E-state index is 14.2. The van der Waals surface area contributed by atoms with Gasteiger partial charge in [-0.2, -0.15) is 0 Å². The molecule has 0 N–H and O–H groups in total. The van der Waals surface area contributed by atoms with Gasteiger partial charge in [-0.3, -0.25) is 4.79 Å². The van der Waals surface area contributed by atoms with E-state index in [9.17, 15) is 4.79 Å². The molecule has 2 unspecified atom stereocenters. The summed E-state index contributed by atoms with van der Waals surface area (Å²) in [6.07, 6.45) is 6.05. The van der Waals surface area contributed by atoms with Gasteiger partial charge in [0.2, 0.25) is 5.78 Å². The third-order valence-corrected chi connectivity index (χ3v) is 7.48. The standard InChI is InChI=1S/C25H32NO.BrH/c1-20-19-25(22-13-7-5-8-14-22,23-15-9-6-10-16-23)24(27)21(2)26(20)17-11-3-4-12-18-26;/h5-10,13-16,20-21H,3-4,11-12,17-19H2,1-2H3;1H/q+1;/p-1. The smallest absolute Gasteiger partial charge is 0.204 e. The predicted octanol–water partition coefficient (Wildman–Crippen LogP) is 2.12. The Kier molecular flexibility index (Phi) is 6.46. The van der Waals surface area contributed by atoms with E-state index in [-0.39, 0.29) is 23.0 Å².